The SMILES string of the molecule is C=CCN1CC[C@]23c4c5ccc(O)c4O[C@H]2[C@@H](N2C(=O)c4cccc(F)c4C2=O)CCC3(O)[C@H]1C5.O=C(O)C(O)C(O)C(=O)O. The van der Waals surface area contributed by atoms with Crippen LogP contribution in [0.3, 0.4) is 0 Å². The average Bonchev–Trinajstić information content (AvgIpc) is 3.48. The number of likely N-dealkylation sites (tertiary alicyclic amines) is 1. The fourth-order valence-electron chi connectivity index (χ4n) is 8.09. The van der Waals surface area contributed by atoms with Gasteiger partial charge in [-0.25, -0.2) is 14.0 Å². The first kappa shape index (κ1) is 30.6. The molecule has 3 unspecified atom stereocenters. The molecule has 5 aliphatic rings. The molecule has 13 nitrogen and oxygen atoms in total. The molecular weight excluding hydrogens is 595 g/mol. The molecule has 7 atom stereocenters. The van der Waals surface area contributed by atoms with E-state index in [1.54, 1.807) is 6.07 Å². The number of halogens is 1. The van der Waals surface area contributed by atoms with Crippen LogP contribution in [0.25, 0.3) is 0 Å². The molecule has 2 aromatic rings. The molecule has 2 aromatic carbocycles. The smallest absolute Gasteiger partial charge is 0.335 e. The van der Waals surface area contributed by atoms with Crippen LogP contribution in [0.2, 0.25) is 0 Å². The molecular formula is C31H31FN2O11. The summed E-state index contributed by atoms with van der Waals surface area (Å²) < 4.78 is 21.0. The Kier molecular flexibility index (Phi) is 7.23. The summed E-state index contributed by atoms with van der Waals surface area (Å²) in [6.45, 7) is 5.19. The topological polar surface area (TPSA) is 205 Å². The molecule has 1 spiro atoms. The number of aromatic hydroxyl groups is 1. The van der Waals surface area contributed by atoms with Crippen molar-refractivity contribution in [2.45, 2.75) is 67.1 Å². The van der Waals surface area contributed by atoms with Crippen molar-refractivity contribution in [1.82, 2.24) is 9.80 Å². The molecule has 1 saturated carbocycles. The zero-order chi connectivity index (χ0) is 32.6. The van der Waals surface area contributed by atoms with E-state index in [1.165, 1.54) is 18.2 Å². The normalized spacial score (nSPS) is 30.3. The van der Waals surface area contributed by atoms with Crippen LogP contribution in [0, 0.1) is 5.82 Å². The molecule has 7 rings (SSSR count). The zero-order valence-corrected chi connectivity index (χ0v) is 23.8. The highest BCUT2D eigenvalue weighted by Crippen LogP contribution is 2.66. The number of carbonyl (C=O) groups is 4. The standard InChI is InChI=1S/C27H25FN2O5.C4H6O6/c1-2-11-29-12-10-26-21-14-6-7-18(31)22(21)35-23(26)17(8-9-27(26,34)19(29)13-14)30-24(32)15-4-3-5-16(28)20(15)25(30)33;5-1(3(7)8)2(6)4(9)10/h2-7,17,19,23,31,34H,1,8-13H2;1-2,5-6H,(H,7,8)(H,9,10)/t17-,19+,23-,26-,27?;/m0./s1. The lowest BCUT2D eigenvalue weighted by Gasteiger charge is -2.64. The number of aliphatic hydroxyl groups is 3. The van der Waals surface area contributed by atoms with Crippen LogP contribution in [-0.4, -0.2) is 113 Å². The van der Waals surface area contributed by atoms with Crippen molar-refractivity contribution < 1.29 is 58.9 Å². The van der Waals surface area contributed by atoms with Gasteiger partial charge in [-0.2, -0.15) is 0 Å². The Bertz CT molecular complexity index is 1630. The Morgan fingerprint density at radius 3 is 2.40 bits per heavy atom. The molecule has 1 saturated heterocycles. The Hall–Kier alpha value is -4.37. The van der Waals surface area contributed by atoms with Crippen LogP contribution in [0.5, 0.6) is 11.5 Å². The lowest BCUT2D eigenvalue weighted by atomic mass is 9.48. The fraction of sp³-hybridized carbons (Fsp3) is 0.419. The number of fused-ring (bicyclic) bond motifs is 1. The van der Waals surface area contributed by atoms with Crippen molar-refractivity contribution in [2.24, 2.45) is 0 Å². The Balaban J connectivity index is 0.000000311. The van der Waals surface area contributed by atoms with Gasteiger partial charge in [0.15, 0.2) is 23.7 Å². The lowest BCUT2D eigenvalue weighted by Crippen LogP contribution is -2.78. The van der Waals surface area contributed by atoms with E-state index in [0.29, 0.717) is 44.5 Å². The monoisotopic (exact) mass is 626 g/mol. The molecule has 2 amide bonds. The first-order valence-corrected chi connectivity index (χ1v) is 14.4. The van der Waals surface area contributed by atoms with Crippen molar-refractivity contribution in [3.8, 4) is 11.5 Å². The van der Waals surface area contributed by atoms with Gasteiger partial charge in [-0.1, -0.05) is 18.2 Å². The van der Waals surface area contributed by atoms with Crippen molar-refractivity contribution in [3.05, 3.63) is 71.1 Å². The number of aliphatic carboxylic acids is 2. The highest BCUT2D eigenvalue weighted by molar-refractivity contribution is 6.21. The number of benzene rings is 2. The summed E-state index contributed by atoms with van der Waals surface area (Å²) in [5.74, 6) is -5.16. The number of nitrogens with zero attached hydrogens (tertiary/aromatic N) is 2. The number of carboxylic acid groups (broad SMARTS) is 2. The van der Waals surface area contributed by atoms with Crippen LogP contribution in [0.4, 0.5) is 4.39 Å². The number of rotatable bonds is 6. The zero-order valence-electron chi connectivity index (χ0n) is 23.8. The lowest BCUT2D eigenvalue weighted by molar-refractivity contribution is -0.194. The number of phenols is 1. The summed E-state index contributed by atoms with van der Waals surface area (Å²) in [6, 6.07) is 6.66. The number of amides is 2. The van der Waals surface area contributed by atoms with E-state index in [9.17, 15) is 33.8 Å². The molecule has 2 bridgehead atoms. The summed E-state index contributed by atoms with van der Waals surface area (Å²) in [7, 11) is 0. The van der Waals surface area contributed by atoms with E-state index in [0.717, 1.165) is 16.0 Å². The second-order valence-corrected chi connectivity index (χ2v) is 12.0. The van der Waals surface area contributed by atoms with E-state index in [4.69, 9.17) is 25.2 Å². The molecule has 3 heterocycles. The van der Waals surface area contributed by atoms with Crippen molar-refractivity contribution in [1.29, 1.82) is 0 Å². The van der Waals surface area contributed by atoms with Crippen LogP contribution >= 0.6 is 0 Å². The number of phenolic OH excluding ortho intramolecular Hbond substituents is 1. The van der Waals surface area contributed by atoms with E-state index in [1.807, 2.05) is 12.1 Å². The number of carboxylic acids is 2. The van der Waals surface area contributed by atoms with Gasteiger partial charge in [0.2, 0.25) is 0 Å². The van der Waals surface area contributed by atoms with Crippen LogP contribution in [-0.2, 0) is 21.4 Å². The van der Waals surface area contributed by atoms with Gasteiger partial charge in [0.05, 0.1) is 28.2 Å². The van der Waals surface area contributed by atoms with Gasteiger partial charge < -0.3 is 35.4 Å². The highest BCUT2D eigenvalue weighted by Gasteiger charge is 2.74. The largest absolute Gasteiger partial charge is 0.504 e. The number of imide groups is 1. The van der Waals surface area contributed by atoms with Crippen LogP contribution in [0.15, 0.2) is 43.0 Å². The number of piperidine rings is 1. The molecule has 238 valence electrons. The molecule has 6 N–H and O–H groups in total. The summed E-state index contributed by atoms with van der Waals surface area (Å²) >= 11 is 0. The number of hydrogen-bond acceptors (Lipinski definition) is 10. The van der Waals surface area contributed by atoms with Crippen molar-refractivity contribution in [2.75, 3.05) is 13.1 Å². The maximum absolute atomic E-state index is 14.6. The second-order valence-electron chi connectivity index (χ2n) is 12.0. The van der Waals surface area contributed by atoms with E-state index in [-0.39, 0.29) is 22.9 Å². The number of hydrogen-bond donors (Lipinski definition) is 6. The maximum Gasteiger partial charge on any atom is 0.335 e. The fourth-order valence-corrected chi connectivity index (χ4v) is 8.09. The third kappa shape index (κ3) is 4.13. The molecule has 3 aliphatic heterocycles. The first-order chi connectivity index (χ1) is 21.3. The quantitative estimate of drug-likeness (QED) is 0.191. The van der Waals surface area contributed by atoms with Gasteiger partial charge in [-0.3, -0.25) is 19.4 Å². The number of carbonyl (C=O) groups excluding carboxylic acids is 2. The first-order valence-electron chi connectivity index (χ1n) is 14.4. The minimum Gasteiger partial charge on any atom is -0.504 e. The molecule has 2 aliphatic carbocycles. The Labute approximate surface area is 255 Å². The molecule has 2 fully saturated rings. The van der Waals surface area contributed by atoms with Gasteiger partial charge in [-0.05, 0) is 56.0 Å². The molecule has 0 aromatic heterocycles. The third-order valence-electron chi connectivity index (χ3n) is 9.94. The van der Waals surface area contributed by atoms with Gasteiger partial charge in [0, 0.05) is 18.2 Å². The second kappa shape index (κ2) is 10.6. The van der Waals surface area contributed by atoms with Gasteiger partial charge in [0.1, 0.15) is 11.9 Å². The van der Waals surface area contributed by atoms with E-state index >= 15 is 0 Å². The maximum atomic E-state index is 14.6. The molecule has 0 radical (unpaired) electrons. The van der Waals surface area contributed by atoms with Crippen molar-refractivity contribution >= 4 is 23.8 Å². The average molecular weight is 627 g/mol. The summed E-state index contributed by atoms with van der Waals surface area (Å²) in [5.41, 5.74) is -0.434. The Morgan fingerprint density at radius 1 is 1.09 bits per heavy atom. The number of ether oxygens (including phenoxy) is 1. The van der Waals surface area contributed by atoms with Crippen molar-refractivity contribution in [3.63, 3.8) is 0 Å². The van der Waals surface area contributed by atoms with Gasteiger partial charge >= 0.3 is 11.9 Å². The third-order valence-corrected chi connectivity index (χ3v) is 9.94. The van der Waals surface area contributed by atoms with Crippen LogP contribution in [0.1, 0.15) is 51.1 Å². The summed E-state index contributed by atoms with van der Waals surface area (Å²) in [4.78, 5) is 49.7. The molecule has 45 heavy (non-hydrogen) atoms. The number of aliphatic hydroxyl groups excluding tert-OH is 2. The van der Waals surface area contributed by atoms with E-state index < -0.39 is 64.9 Å². The Morgan fingerprint density at radius 2 is 1.78 bits per heavy atom. The minimum absolute atomic E-state index is 0.0194. The van der Waals surface area contributed by atoms with Gasteiger partial charge in [-0.15, -0.1) is 6.58 Å². The predicted octanol–water partition coefficient (Wildman–Crippen LogP) is 0.414. The molecule has 14 heteroatoms. The summed E-state index contributed by atoms with van der Waals surface area (Å²) in [5, 5.41) is 55.7. The predicted molar refractivity (Wildman–Crippen MR) is 150 cm³/mol. The highest BCUT2D eigenvalue weighted by atomic mass is 19.1. The van der Waals surface area contributed by atoms with E-state index in [2.05, 4.69) is 11.5 Å². The van der Waals surface area contributed by atoms with Gasteiger partial charge in [0.25, 0.3) is 11.8 Å². The minimum atomic E-state index is -2.27. The summed E-state index contributed by atoms with van der Waals surface area (Å²) in [6.07, 6.45) is -1.64. The van der Waals surface area contributed by atoms with Crippen LogP contribution < -0.4 is 4.74 Å².